The third-order valence-corrected chi connectivity index (χ3v) is 10.7. The average Bonchev–Trinajstić information content (AvgIpc) is 3.78. The Bertz CT molecular complexity index is 2860. The summed E-state index contributed by atoms with van der Waals surface area (Å²) in [6, 6.07) is 56.6. The van der Waals surface area contributed by atoms with E-state index in [1.165, 1.54) is 26.6 Å². The molecule has 3 aromatic heterocycles. The number of nitrogens with zero attached hydrogens (tertiary/aromatic N) is 3. The van der Waals surface area contributed by atoms with Gasteiger partial charge in [0.05, 0.1) is 0 Å². The number of aromatic nitrogens is 3. The van der Waals surface area contributed by atoms with Gasteiger partial charge in [-0.1, -0.05) is 152 Å². The van der Waals surface area contributed by atoms with E-state index in [0.29, 0.717) is 17.5 Å². The molecule has 0 atom stereocenters. The molecule has 0 aliphatic rings. The molecule has 5 heteroatoms. The molecule has 50 heavy (non-hydrogen) atoms. The number of benzene rings is 7. The number of thiophene rings is 1. The zero-order valence-electron chi connectivity index (χ0n) is 26.7. The number of fused-ring (bicyclic) bond motifs is 6. The Morgan fingerprint density at radius 3 is 1.52 bits per heavy atom. The van der Waals surface area contributed by atoms with Crippen molar-refractivity contribution >= 4 is 53.4 Å². The summed E-state index contributed by atoms with van der Waals surface area (Å²) in [4.78, 5) is 15.5. The lowest BCUT2D eigenvalue weighted by Gasteiger charge is -2.10. The highest BCUT2D eigenvalue weighted by Crippen LogP contribution is 2.44. The van der Waals surface area contributed by atoms with Gasteiger partial charge in [-0.15, -0.1) is 11.3 Å². The summed E-state index contributed by atoms with van der Waals surface area (Å²) in [6.07, 6.45) is 0. The van der Waals surface area contributed by atoms with Crippen molar-refractivity contribution in [3.63, 3.8) is 0 Å². The Balaban J connectivity index is 1.22. The average molecular weight is 658 g/mol. The summed E-state index contributed by atoms with van der Waals surface area (Å²) in [5.41, 5.74) is 9.06. The molecule has 0 radical (unpaired) electrons. The first-order valence-electron chi connectivity index (χ1n) is 16.6. The second kappa shape index (κ2) is 11.6. The molecule has 0 amide bonds. The molecule has 7 aromatic carbocycles. The molecule has 0 N–H and O–H groups in total. The van der Waals surface area contributed by atoms with Crippen LogP contribution in [0.15, 0.2) is 168 Å². The van der Waals surface area contributed by atoms with Crippen LogP contribution < -0.4 is 0 Å². The number of hydrogen-bond donors (Lipinski definition) is 0. The van der Waals surface area contributed by atoms with Crippen molar-refractivity contribution in [2.45, 2.75) is 0 Å². The monoisotopic (exact) mass is 657 g/mol. The van der Waals surface area contributed by atoms with Gasteiger partial charge < -0.3 is 4.42 Å². The van der Waals surface area contributed by atoms with E-state index >= 15 is 0 Å². The maximum Gasteiger partial charge on any atom is 0.165 e. The second-order valence-corrected chi connectivity index (χ2v) is 13.4. The van der Waals surface area contributed by atoms with Crippen LogP contribution in [0.2, 0.25) is 0 Å². The molecule has 234 valence electrons. The third kappa shape index (κ3) is 4.63. The fourth-order valence-corrected chi connectivity index (χ4v) is 8.40. The van der Waals surface area contributed by atoms with Crippen LogP contribution in [0.1, 0.15) is 0 Å². The molecule has 3 heterocycles. The quantitative estimate of drug-likeness (QED) is 0.185. The first-order valence-corrected chi connectivity index (χ1v) is 17.4. The van der Waals surface area contributed by atoms with E-state index in [-0.39, 0.29) is 0 Å². The van der Waals surface area contributed by atoms with Gasteiger partial charge in [-0.3, -0.25) is 0 Å². The molecule has 10 rings (SSSR count). The van der Waals surface area contributed by atoms with E-state index in [1.807, 2.05) is 36.4 Å². The van der Waals surface area contributed by atoms with Crippen LogP contribution in [0.5, 0.6) is 0 Å². The van der Waals surface area contributed by atoms with Crippen molar-refractivity contribution in [2.75, 3.05) is 0 Å². The molecule has 0 spiro atoms. The van der Waals surface area contributed by atoms with Gasteiger partial charge in [0.15, 0.2) is 17.5 Å². The number of hydrogen-bond acceptors (Lipinski definition) is 5. The summed E-state index contributed by atoms with van der Waals surface area (Å²) in [5, 5.41) is 4.44. The maximum atomic E-state index is 6.60. The van der Waals surface area contributed by atoms with Crippen LogP contribution in [-0.4, -0.2) is 15.0 Å². The lowest BCUT2D eigenvalue weighted by molar-refractivity contribution is 0.670. The second-order valence-electron chi connectivity index (χ2n) is 12.3. The third-order valence-electron chi connectivity index (χ3n) is 9.37. The van der Waals surface area contributed by atoms with Crippen molar-refractivity contribution in [3.8, 4) is 56.4 Å². The topological polar surface area (TPSA) is 51.8 Å². The Hall–Kier alpha value is -6.43. The normalized spacial score (nSPS) is 11.6. The number of rotatable bonds is 5. The first-order chi connectivity index (χ1) is 24.8. The fourth-order valence-electron chi connectivity index (χ4n) is 7.05. The molecule has 10 aromatic rings. The maximum absolute atomic E-state index is 6.60. The predicted molar refractivity (Wildman–Crippen MR) is 207 cm³/mol. The van der Waals surface area contributed by atoms with Gasteiger partial charge in [0, 0.05) is 53.2 Å². The minimum atomic E-state index is 0.607. The van der Waals surface area contributed by atoms with Crippen LogP contribution in [0.25, 0.3) is 98.5 Å². The first kappa shape index (κ1) is 28.6. The summed E-state index contributed by atoms with van der Waals surface area (Å²) >= 11 is 1.80. The predicted octanol–water partition coefficient (Wildman–Crippen LogP) is 12.5. The highest BCUT2D eigenvalue weighted by molar-refractivity contribution is 7.26. The molecule has 4 nitrogen and oxygen atoms in total. The van der Waals surface area contributed by atoms with Crippen LogP contribution in [0.3, 0.4) is 0 Å². The summed E-state index contributed by atoms with van der Waals surface area (Å²) in [7, 11) is 0. The fraction of sp³-hybridized carbons (Fsp3) is 0. The zero-order chi connectivity index (χ0) is 33.0. The van der Waals surface area contributed by atoms with Gasteiger partial charge in [0.1, 0.15) is 11.2 Å². The SMILES string of the molecule is c1ccc(-c2nc(-c3cccc4c3sc3c(-c5ccccc5)cccc34)nc(-c3cccc4oc5c(-c6ccccc6)cccc5c34)n2)cc1. The lowest BCUT2D eigenvalue weighted by Crippen LogP contribution is -2.00. The molecular formula is C45H27N3OS. The van der Waals surface area contributed by atoms with E-state index in [4.69, 9.17) is 19.4 Å². The molecule has 0 saturated carbocycles. The van der Waals surface area contributed by atoms with Gasteiger partial charge in [-0.05, 0) is 28.8 Å². The molecular weight excluding hydrogens is 631 g/mol. The lowest BCUT2D eigenvalue weighted by atomic mass is 10.0. The van der Waals surface area contributed by atoms with E-state index < -0.39 is 0 Å². The molecule has 0 unspecified atom stereocenters. The summed E-state index contributed by atoms with van der Waals surface area (Å²) in [6.45, 7) is 0. The molecule has 0 saturated heterocycles. The molecule has 0 aliphatic carbocycles. The molecule has 0 aliphatic heterocycles. The van der Waals surface area contributed by atoms with E-state index in [9.17, 15) is 0 Å². The largest absolute Gasteiger partial charge is 0.455 e. The van der Waals surface area contributed by atoms with Crippen LogP contribution in [-0.2, 0) is 0 Å². The van der Waals surface area contributed by atoms with Gasteiger partial charge in [-0.2, -0.15) is 0 Å². The van der Waals surface area contributed by atoms with Crippen molar-refractivity contribution in [3.05, 3.63) is 164 Å². The highest BCUT2D eigenvalue weighted by atomic mass is 32.1. The Morgan fingerprint density at radius 2 is 0.840 bits per heavy atom. The van der Waals surface area contributed by atoms with Gasteiger partial charge in [0.2, 0.25) is 0 Å². The Kier molecular flexibility index (Phi) is 6.64. The van der Waals surface area contributed by atoms with Gasteiger partial charge in [0.25, 0.3) is 0 Å². The van der Waals surface area contributed by atoms with Gasteiger partial charge in [-0.25, -0.2) is 15.0 Å². The van der Waals surface area contributed by atoms with E-state index in [1.54, 1.807) is 11.3 Å². The van der Waals surface area contributed by atoms with Crippen molar-refractivity contribution < 1.29 is 4.42 Å². The zero-order valence-corrected chi connectivity index (χ0v) is 27.6. The van der Waals surface area contributed by atoms with Crippen molar-refractivity contribution in [1.82, 2.24) is 15.0 Å². The van der Waals surface area contributed by atoms with Crippen molar-refractivity contribution in [2.24, 2.45) is 0 Å². The van der Waals surface area contributed by atoms with Crippen molar-refractivity contribution in [1.29, 1.82) is 0 Å². The van der Waals surface area contributed by atoms with Crippen LogP contribution >= 0.6 is 11.3 Å². The molecule has 0 fully saturated rings. The Labute approximate surface area is 292 Å². The molecule has 0 bridgehead atoms. The minimum Gasteiger partial charge on any atom is -0.455 e. The summed E-state index contributed by atoms with van der Waals surface area (Å²) < 4.78 is 9.01. The van der Waals surface area contributed by atoms with Gasteiger partial charge >= 0.3 is 0 Å². The van der Waals surface area contributed by atoms with Crippen LogP contribution in [0.4, 0.5) is 0 Å². The van der Waals surface area contributed by atoms with E-state index in [2.05, 4.69) is 127 Å². The number of furan rings is 1. The standard InChI is InChI=1S/C45H27N3OS/c1-4-14-28(15-5-1)31-20-10-24-35-39-36(25-13-27-38(39)49-40(31)35)44-46-43(30-18-8-3-9-19-30)47-45(48-44)37-26-12-23-34-33-22-11-21-32(41(33)50-42(34)37)29-16-6-2-7-17-29/h1-27H. The summed E-state index contributed by atoms with van der Waals surface area (Å²) in [5.74, 6) is 1.88. The number of para-hydroxylation sites is 1. The van der Waals surface area contributed by atoms with Crippen LogP contribution in [0, 0.1) is 0 Å². The Morgan fingerprint density at radius 1 is 0.360 bits per heavy atom. The van der Waals surface area contributed by atoms with E-state index in [0.717, 1.165) is 54.5 Å². The minimum absolute atomic E-state index is 0.607. The highest BCUT2D eigenvalue weighted by Gasteiger charge is 2.21. The smallest absolute Gasteiger partial charge is 0.165 e.